The Kier molecular flexibility index (Phi) is 3.57. The molecule has 2 aromatic heterocycles. The van der Waals surface area contributed by atoms with Crippen molar-refractivity contribution >= 4 is 42.0 Å². The van der Waals surface area contributed by atoms with Crippen LogP contribution in [0.3, 0.4) is 0 Å². The number of benzene rings is 1. The molecule has 0 bridgehead atoms. The topological polar surface area (TPSA) is 77.7 Å². The first-order chi connectivity index (χ1) is 10.3. The van der Waals surface area contributed by atoms with Crippen LogP contribution in [0.2, 0.25) is 0 Å². The lowest BCUT2D eigenvalue weighted by Crippen LogP contribution is -1.98. The molecule has 1 aromatic carbocycles. The summed E-state index contributed by atoms with van der Waals surface area (Å²) in [6.45, 7) is 0. The van der Waals surface area contributed by atoms with Crippen molar-refractivity contribution in [1.82, 2.24) is 20.0 Å². The van der Waals surface area contributed by atoms with Gasteiger partial charge in [-0.2, -0.15) is 5.10 Å². The van der Waals surface area contributed by atoms with Crippen molar-refractivity contribution in [3.8, 4) is 5.13 Å². The van der Waals surface area contributed by atoms with E-state index in [1.54, 1.807) is 0 Å². The largest absolute Gasteiger partial charge is 0.291 e. The molecule has 0 amide bonds. The Labute approximate surface area is 129 Å². The molecule has 22 heavy (non-hydrogen) atoms. The Morgan fingerprint density at radius 3 is 2.59 bits per heavy atom. The summed E-state index contributed by atoms with van der Waals surface area (Å²) in [7, 11) is 1.03. The molecule has 3 aromatic rings. The summed E-state index contributed by atoms with van der Waals surface area (Å²) in [5.74, 6) is -0.860. The summed E-state index contributed by atoms with van der Waals surface area (Å²) in [6, 6.07) is 1.83. The maximum Gasteiger partial charge on any atom is 0.291 e. The summed E-state index contributed by atoms with van der Waals surface area (Å²) in [5, 5.41) is 10.1. The zero-order valence-corrected chi connectivity index (χ0v) is 12.6. The zero-order valence-electron chi connectivity index (χ0n) is 10.2. The molecule has 0 aliphatic carbocycles. The van der Waals surface area contributed by atoms with Gasteiger partial charge in [0.25, 0.3) is 15.5 Å². The minimum atomic E-state index is -4.16. The lowest BCUT2D eigenvalue weighted by atomic mass is 10.2. The summed E-state index contributed by atoms with van der Waals surface area (Å²) in [5.41, 5.74) is 0.0243. The molecule has 2 heterocycles. The van der Waals surface area contributed by atoms with Crippen molar-refractivity contribution in [2.45, 2.75) is 11.3 Å². The van der Waals surface area contributed by atoms with Crippen LogP contribution in [0.4, 0.5) is 13.2 Å². The van der Waals surface area contributed by atoms with Crippen LogP contribution in [0.1, 0.15) is 11.4 Å². The number of rotatable bonds is 3. The fraction of sp³-hybridized carbons (Fsp3) is 0.100. The zero-order chi connectivity index (χ0) is 16.1. The van der Waals surface area contributed by atoms with Gasteiger partial charge in [0.2, 0.25) is 5.13 Å². The standard InChI is InChI=1S/C10H4ClF3N4O2S2/c11-22(19,20)4-1-6(12)5-3-15-18(7(5)2-4)10-17-16-9(21-10)8(13)14/h1-3,8H. The molecule has 0 atom stereocenters. The third kappa shape index (κ3) is 2.55. The number of hydrogen-bond acceptors (Lipinski definition) is 6. The molecule has 6 nitrogen and oxygen atoms in total. The average molecular weight is 369 g/mol. The first-order valence-corrected chi connectivity index (χ1v) is 8.64. The monoisotopic (exact) mass is 368 g/mol. The van der Waals surface area contributed by atoms with Gasteiger partial charge in [0, 0.05) is 10.7 Å². The van der Waals surface area contributed by atoms with Crippen LogP contribution in [0, 0.1) is 5.82 Å². The fourth-order valence-corrected chi connectivity index (χ4v) is 3.19. The Hall–Kier alpha value is -1.72. The third-order valence-electron chi connectivity index (χ3n) is 2.69. The second-order valence-corrected chi connectivity index (χ2v) is 7.61. The second-order valence-electron chi connectivity index (χ2n) is 4.06. The van der Waals surface area contributed by atoms with Crippen molar-refractivity contribution < 1.29 is 21.6 Å². The molecule has 0 radical (unpaired) electrons. The van der Waals surface area contributed by atoms with Gasteiger partial charge in [-0.25, -0.2) is 26.3 Å². The van der Waals surface area contributed by atoms with Crippen LogP contribution in [0.5, 0.6) is 0 Å². The quantitative estimate of drug-likeness (QED) is 0.664. The highest BCUT2D eigenvalue weighted by Gasteiger charge is 2.20. The summed E-state index contributed by atoms with van der Waals surface area (Å²) >= 11 is 0.556. The van der Waals surface area contributed by atoms with Gasteiger partial charge in [-0.3, -0.25) is 0 Å². The average Bonchev–Trinajstić information content (AvgIpc) is 3.03. The van der Waals surface area contributed by atoms with Crippen LogP contribution in [-0.2, 0) is 9.05 Å². The molecule has 0 aliphatic rings. The lowest BCUT2D eigenvalue weighted by Gasteiger charge is -2.01. The molecule has 3 rings (SSSR count). The van der Waals surface area contributed by atoms with E-state index in [0.29, 0.717) is 11.3 Å². The van der Waals surface area contributed by atoms with Gasteiger partial charge in [-0.1, -0.05) is 11.3 Å². The number of halogens is 4. The maximum atomic E-state index is 13.9. The first kappa shape index (κ1) is 15.2. The molecule has 0 spiro atoms. The van der Waals surface area contributed by atoms with Crippen LogP contribution >= 0.6 is 22.0 Å². The number of fused-ring (bicyclic) bond motifs is 1. The maximum absolute atomic E-state index is 13.9. The molecule has 0 aliphatic heterocycles. The highest BCUT2D eigenvalue weighted by molar-refractivity contribution is 8.13. The second kappa shape index (κ2) is 5.18. The van der Waals surface area contributed by atoms with Crippen molar-refractivity contribution in [2.75, 3.05) is 0 Å². The predicted molar refractivity (Wildman–Crippen MR) is 72.5 cm³/mol. The third-order valence-corrected chi connectivity index (χ3v) is 4.93. The normalized spacial score (nSPS) is 12.4. The van der Waals surface area contributed by atoms with Crippen LogP contribution in [0.15, 0.2) is 23.2 Å². The summed E-state index contributed by atoms with van der Waals surface area (Å²) in [4.78, 5) is -0.473. The van der Waals surface area contributed by atoms with Gasteiger partial charge in [0.15, 0.2) is 5.01 Å². The number of alkyl halides is 2. The van der Waals surface area contributed by atoms with E-state index in [2.05, 4.69) is 15.3 Å². The van der Waals surface area contributed by atoms with Gasteiger partial charge in [-0.05, 0) is 12.1 Å². The smallest absolute Gasteiger partial charge is 0.207 e. The van der Waals surface area contributed by atoms with E-state index in [-0.39, 0.29) is 16.0 Å². The van der Waals surface area contributed by atoms with E-state index in [0.717, 1.165) is 23.0 Å². The van der Waals surface area contributed by atoms with Gasteiger partial charge in [-0.15, -0.1) is 10.2 Å². The van der Waals surface area contributed by atoms with Crippen LogP contribution < -0.4 is 0 Å². The highest BCUT2D eigenvalue weighted by Crippen LogP contribution is 2.29. The molecular formula is C10H4ClF3N4O2S2. The Morgan fingerprint density at radius 2 is 2.00 bits per heavy atom. The minimum absolute atomic E-state index is 0.00198. The number of hydrogen-bond donors (Lipinski definition) is 0. The van der Waals surface area contributed by atoms with Crippen molar-refractivity contribution in [2.24, 2.45) is 0 Å². The predicted octanol–water partition coefficient (Wildman–Crippen LogP) is 2.88. The molecule has 116 valence electrons. The van der Waals surface area contributed by atoms with Gasteiger partial charge in [0.1, 0.15) is 5.82 Å². The summed E-state index contributed by atoms with van der Waals surface area (Å²) < 4.78 is 62.7. The van der Waals surface area contributed by atoms with E-state index >= 15 is 0 Å². The first-order valence-electron chi connectivity index (χ1n) is 5.51. The van der Waals surface area contributed by atoms with Crippen LogP contribution in [0.25, 0.3) is 16.0 Å². The molecule has 0 saturated heterocycles. The Morgan fingerprint density at radius 1 is 1.27 bits per heavy atom. The van der Waals surface area contributed by atoms with Crippen LogP contribution in [-0.4, -0.2) is 28.4 Å². The van der Waals surface area contributed by atoms with Crippen molar-refractivity contribution in [3.63, 3.8) is 0 Å². The van der Waals surface area contributed by atoms with Gasteiger partial charge < -0.3 is 0 Å². The van der Waals surface area contributed by atoms with E-state index in [1.807, 2.05) is 0 Å². The molecule has 0 saturated carbocycles. The molecule has 0 unspecified atom stereocenters. The van der Waals surface area contributed by atoms with E-state index in [1.165, 1.54) is 0 Å². The van der Waals surface area contributed by atoms with E-state index < -0.39 is 31.2 Å². The van der Waals surface area contributed by atoms with E-state index in [9.17, 15) is 21.6 Å². The molecule has 12 heteroatoms. The van der Waals surface area contributed by atoms with E-state index in [4.69, 9.17) is 10.7 Å². The fourth-order valence-electron chi connectivity index (χ4n) is 1.75. The highest BCUT2D eigenvalue weighted by atomic mass is 35.7. The number of aromatic nitrogens is 4. The van der Waals surface area contributed by atoms with Crippen molar-refractivity contribution in [1.29, 1.82) is 0 Å². The summed E-state index contributed by atoms with van der Waals surface area (Å²) in [6.07, 6.45) is -1.68. The Balaban J connectivity index is 2.24. The lowest BCUT2D eigenvalue weighted by molar-refractivity contribution is 0.150. The Bertz CT molecular complexity index is 970. The molecule has 0 N–H and O–H groups in total. The number of nitrogens with zero attached hydrogens (tertiary/aromatic N) is 4. The minimum Gasteiger partial charge on any atom is -0.207 e. The molecule has 0 fully saturated rings. The molecular weight excluding hydrogens is 365 g/mol. The van der Waals surface area contributed by atoms with Crippen molar-refractivity contribution in [3.05, 3.63) is 29.2 Å². The SMILES string of the molecule is O=S(=O)(Cl)c1cc(F)c2cnn(-c3nnc(C(F)F)s3)c2c1. The van der Waals surface area contributed by atoms with Gasteiger partial charge in [0.05, 0.1) is 22.0 Å². The van der Waals surface area contributed by atoms with Gasteiger partial charge >= 0.3 is 0 Å².